The number of rotatable bonds is 8. The van der Waals surface area contributed by atoms with Gasteiger partial charge in [-0.2, -0.15) is 5.26 Å². The average Bonchev–Trinajstić information content (AvgIpc) is 3.33. The van der Waals surface area contributed by atoms with Crippen LogP contribution in [0, 0.1) is 23.2 Å². The molecule has 3 heteroatoms. The van der Waals surface area contributed by atoms with Crippen LogP contribution in [0.15, 0.2) is 0 Å². The first kappa shape index (κ1) is 15.8. The molecule has 2 aliphatic rings. The van der Waals surface area contributed by atoms with Crippen LogP contribution in [0.4, 0.5) is 0 Å². The molecule has 3 nitrogen and oxygen atoms in total. The summed E-state index contributed by atoms with van der Waals surface area (Å²) < 4.78 is 6.26. The van der Waals surface area contributed by atoms with Crippen LogP contribution in [0.3, 0.4) is 0 Å². The van der Waals surface area contributed by atoms with Crippen LogP contribution in [0.1, 0.15) is 65.2 Å². The van der Waals surface area contributed by atoms with E-state index in [9.17, 15) is 5.26 Å². The van der Waals surface area contributed by atoms with E-state index in [-0.39, 0.29) is 0 Å². The second kappa shape index (κ2) is 7.43. The van der Waals surface area contributed by atoms with Gasteiger partial charge in [0.1, 0.15) is 5.54 Å². The highest BCUT2D eigenvalue weighted by Crippen LogP contribution is 2.40. The van der Waals surface area contributed by atoms with Gasteiger partial charge in [0.25, 0.3) is 0 Å². The molecule has 0 aromatic rings. The number of hydrogen-bond donors (Lipinski definition) is 1. The highest BCUT2D eigenvalue weighted by atomic mass is 16.5. The lowest BCUT2D eigenvalue weighted by molar-refractivity contribution is -0.0346. The van der Waals surface area contributed by atoms with E-state index >= 15 is 0 Å². The summed E-state index contributed by atoms with van der Waals surface area (Å²) in [5.41, 5.74) is -0.425. The zero-order chi connectivity index (χ0) is 14.4. The van der Waals surface area contributed by atoms with Gasteiger partial charge in [0.15, 0.2) is 0 Å². The molecular weight excluding hydrogens is 248 g/mol. The molecular formula is C17H30N2O. The number of ether oxygens (including phenoxy) is 1. The summed E-state index contributed by atoms with van der Waals surface area (Å²) in [6, 6.07) is 2.55. The topological polar surface area (TPSA) is 45.0 Å². The summed E-state index contributed by atoms with van der Waals surface area (Å²) in [5, 5.41) is 13.2. The van der Waals surface area contributed by atoms with Gasteiger partial charge >= 0.3 is 0 Å². The van der Waals surface area contributed by atoms with E-state index in [4.69, 9.17) is 4.74 Å². The summed E-state index contributed by atoms with van der Waals surface area (Å²) in [6.45, 7) is 5.90. The molecule has 2 aliphatic carbocycles. The third kappa shape index (κ3) is 3.74. The zero-order valence-corrected chi connectivity index (χ0v) is 13.2. The maximum Gasteiger partial charge on any atom is 0.133 e. The molecule has 0 spiro atoms. The van der Waals surface area contributed by atoms with Crippen molar-refractivity contribution in [2.75, 3.05) is 13.2 Å². The lowest BCUT2D eigenvalue weighted by Gasteiger charge is -2.35. The predicted octanol–water partition coefficient (Wildman–Crippen LogP) is 3.64. The first-order chi connectivity index (χ1) is 9.75. The van der Waals surface area contributed by atoms with Crippen molar-refractivity contribution in [3.63, 3.8) is 0 Å². The summed E-state index contributed by atoms with van der Waals surface area (Å²) in [6.07, 6.45) is 10.1. The highest BCUT2D eigenvalue weighted by molar-refractivity contribution is 5.15. The zero-order valence-electron chi connectivity index (χ0n) is 13.2. The van der Waals surface area contributed by atoms with Crippen LogP contribution in [-0.2, 0) is 4.74 Å². The van der Waals surface area contributed by atoms with Gasteiger partial charge in [-0.15, -0.1) is 0 Å². The van der Waals surface area contributed by atoms with Crippen molar-refractivity contribution in [3.8, 4) is 6.07 Å². The average molecular weight is 278 g/mol. The van der Waals surface area contributed by atoms with Crippen molar-refractivity contribution in [2.45, 2.75) is 76.9 Å². The molecule has 0 saturated heterocycles. The highest BCUT2D eigenvalue weighted by Gasteiger charge is 2.46. The lowest BCUT2D eigenvalue weighted by atomic mass is 9.84. The molecule has 0 heterocycles. The molecule has 2 saturated carbocycles. The molecule has 0 aromatic carbocycles. The maximum absolute atomic E-state index is 9.67. The summed E-state index contributed by atoms with van der Waals surface area (Å²) in [4.78, 5) is 0. The van der Waals surface area contributed by atoms with Crippen LogP contribution in [0.2, 0.25) is 0 Å². The Labute approximate surface area is 124 Å². The van der Waals surface area contributed by atoms with E-state index in [0.29, 0.717) is 24.5 Å². The normalized spacial score (nSPS) is 29.6. The molecule has 3 unspecified atom stereocenters. The van der Waals surface area contributed by atoms with Gasteiger partial charge in [-0.25, -0.2) is 0 Å². The number of hydrogen-bond acceptors (Lipinski definition) is 3. The smallest absolute Gasteiger partial charge is 0.133 e. The van der Waals surface area contributed by atoms with Gasteiger partial charge in [-0.05, 0) is 50.5 Å². The first-order valence-electron chi connectivity index (χ1n) is 8.53. The fourth-order valence-corrected chi connectivity index (χ4v) is 3.50. The Morgan fingerprint density at radius 3 is 2.55 bits per heavy atom. The standard InChI is InChI=1S/C17H30N2O/c1-3-11-19-17(12-18,15-9-10-15)13-20-16-8-6-5-7-14(16)4-2/h14-16,19H,3-11,13H2,1-2H3. The molecule has 3 atom stereocenters. The molecule has 0 aromatic heterocycles. The monoisotopic (exact) mass is 278 g/mol. The van der Waals surface area contributed by atoms with Crippen molar-refractivity contribution in [3.05, 3.63) is 0 Å². The number of nitrogens with one attached hydrogen (secondary N) is 1. The van der Waals surface area contributed by atoms with Gasteiger partial charge in [0.05, 0.1) is 18.8 Å². The number of nitrogens with zero attached hydrogens (tertiary/aromatic N) is 1. The predicted molar refractivity (Wildman–Crippen MR) is 81.4 cm³/mol. The molecule has 0 radical (unpaired) electrons. The number of nitriles is 1. The van der Waals surface area contributed by atoms with Gasteiger partial charge in [-0.3, -0.25) is 5.32 Å². The van der Waals surface area contributed by atoms with Crippen molar-refractivity contribution < 1.29 is 4.74 Å². The molecule has 20 heavy (non-hydrogen) atoms. The molecule has 114 valence electrons. The molecule has 0 aliphatic heterocycles. The second-order valence-electron chi connectivity index (χ2n) is 6.59. The van der Waals surface area contributed by atoms with Crippen LogP contribution in [-0.4, -0.2) is 24.8 Å². The van der Waals surface area contributed by atoms with Crippen molar-refractivity contribution >= 4 is 0 Å². The molecule has 0 bridgehead atoms. The van der Waals surface area contributed by atoms with Crippen molar-refractivity contribution in [1.29, 1.82) is 5.26 Å². The molecule has 2 fully saturated rings. The first-order valence-corrected chi connectivity index (χ1v) is 8.53. The fourth-order valence-electron chi connectivity index (χ4n) is 3.50. The maximum atomic E-state index is 9.67. The van der Waals surface area contributed by atoms with Gasteiger partial charge < -0.3 is 4.74 Å². The quantitative estimate of drug-likeness (QED) is 0.737. The minimum absolute atomic E-state index is 0.378. The van der Waals surface area contributed by atoms with E-state index in [2.05, 4.69) is 25.2 Å². The summed E-state index contributed by atoms with van der Waals surface area (Å²) in [7, 11) is 0. The van der Waals surface area contributed by atoms with Crippen LogP contribution < -0.4 is 5.32 Å². The van der Waals surface area contributed by atoms with Crippen LogP contribution in [0.5, 0.6) is 0 Å². The largest absolute Gasteiger partial charge is 0.375 e. The Morgan fingerprint density at radius 2 is 1.95 bits per heavy atom. The van der Waals surface area contributed by atoms with E-state index < -0.39 is 5.54 Å². The molecule has 1 N–H and O–H groups in total. The van der Waals surface area contributed by atoms with E-state index in [1.165, 1.54) is 44.9 Å². The Bertz CT molecular complexity index is 334. The van der Waals surface area contributed by atoms with Crippen LogP contribution in [0.25, 0.3) is 0 Å². The van der Waals surface area contributed by atoms with Gasteiger partial charge in [-0.1, -0.05) is 33.1 Å². The third-order valence-corrected chi connectivity index (χ3v) is 5.05. The van der Waals surface area contributed by atoms with E-state index in [1.54, 1.807) is 0 Å². The minimum atomic E-state index is -0.425. The van der Waals surface area contributed by atoms with Gasteiger partial charge in [0.2, 0.25) is 0 Å². The van der Waals surface area contributed by atoms with Gasteiger partial charge in [0, 0.05) is 0 Å². The lowest BCUT2D eigenvalue weighted by Crippen LogP contribution is -2.51. The Balaban J connectivity index is 1.92. The van der Waals surface area contributed by atoms with Crippen molar-refractivity contribution in [2.24, 2.45) is 11.8 Å². The minimum Gasteiger partial charge on any atom is -0.375 e. The fraction of sp³-hybridized carbons (Fsp3) is 0.941. The summed E-state index contributed by atoms with van der Waals surface area (Å²) >= 11 is 0. The third-order valence-electron chi connectivity index (χ3n) is 5.05. The van der Waals surface area contributed by atoms with E-state index in [0.717, 1.165) is 13.0 Å². The molecule has 0 amide bonds. The molecule has 2 rings (SSSR count). The SMILES string of the molecule is CCCNC(C#N)(COC1CCCCC1CC)C1CC1. The Morgan fingerprint density at radius 1 is 1.20 bits per heavy atom. The van der Waals surface area contributed by atoms with E-state index in [1.807, 2.05) is 0 Å². The Hall–Kier alpha value is -0.590. The Kier molecular flexibility index (Phi) is 5.86. The second-order valence-corrected chi connectivity index (χ2v) is 6.59. The summed E-state index contributed by atoms with van der Waals surface area (Å²) in [5.74, 6) is 1.20. The van der Waals surface area contributed by atoms with Crippen LogP contribution >= 0.6 is 0 Å². The van der Waals surface area contributed by atoms with Crippen molar-refractivity contribution in [1.82, 2.24) is 5.32 Å².